The number of phenols is 1. The molecule has 3 heterocycles. The number of hydrogen-bond donors (Lipinski definition) is 9. The minimum Gasteiger partial charge on any atom is -0.508 e. The number of rotatable bonds is 15. The number of nitrogens with zero attached hydrogens (tertiary/aromatic N) is 1. The minimum atomic E-state index is -2.35. The van der Waals surface area contributed by atoms with E-state index in [1.54, 1.807) is 0 Å². The van der Waals surface area contributed by atoms with Gasteiger partial charge in [0.1, 0.15) is 35.2 Å². The number of phenolic OH excluding ortho intramolecular Hbond substituents is 1. The van der Waals surface area contributed by atoms with E-state index in [2.05, 4.69) is 22.5 Å². The van der Waals surface area contributed by atoms with Crippen LogP contribution in [-0.4, -0.2) is 118 Å². The average molecular weight is 697 g/mol. The maximum absolute atomic E-state index is 12.4. The quantitative estimate of drug-likeness (QED) is 0.124. The molecule has 3 aliphatic rings. The third-order valence-corrected chi connectivity index (χ3v) is 9.40. The number of aromatic hydroxyl groups is 1. The molecule has 1 amide bonds. The van der Waals surface area contributed by atoms with Gasteiger partial charge in [-0.1, -0.05) is 25.1 Å². The van der Waals surface area contributed by atoms with Crippen LogP contribution >= 0.6 is 0 Å². The molecule has 5 rings (SSSR count). The van der Waals surface area contributed by atoms with E-state index in [-0.39, 0.29) is 52.5 Å². The molecule has 2 aromatic carbocycles. The second kappa shape index (κ2) is 15.6. The van der Waals surface area contributed by atoms with Crippen molar-refractivity contribution < 1.29 is 54.4 Å². The summed E-state index contributed by atoms with van der Waals surface area (Å²) in [7, 11) is 1.88. The van der Waals surface area contributed by atoms with Crippen LogP contribution in [0.15, 0.2) is 59.1 Å². The Balaban J connectivity index is 1.40. The molecule has 0 aromatic heterocycles. The van der Waals surface area contributed by atoms with Gasteiger partial charge in [0, 0.05) is 18.8 Å². The van der Waals surface area contributed by atoms with Crippen molar-refractivity contribution in [2.24, 2.45) is 22.6 Å². The Morgan fingerprint density at radius 3 is 2.54 bits per heavy atom. The number of nitrogens with one attached hydrogen (secondary N) is 2. The molecule has 50 heavy (non-hydrogen) atoms. The summed E-state index contributed by atoms with van der Waals surface area (Å²) >= 11 is 0. The highest BCUT2D eigenvalue weighted by atomic mass is 16.7. The highest BCUT2D eigenvalue weighted by Gasteiger charge is 2.58. The van der Waals surface area contributed by atoms with Crippen molar-refractivity contribution in [2.45, 2.75) is 56.1 Å². The molecule has 15 nitrogen and oxygen atoms in total. The van der Waals surface area contributed by atoms with E-state index in [4.69, 9.17) is 19.9 Å². The number of primary amides is 1. The van der Waals surface area contributed by atoms with Gasteiger partial charge in [-0.05, 0) is 80.2 Å². The Hall–Kier alpha value is -4.51. The molecule has 0 bridgehead atoms. The normalized spacial score (nSPS) is 27.2. The van der Waals surface area contributed by atoms with Gasteiger partial charge in [-0.3, -0.25) is 9.79 Å². The van der Waals surface area contributed by atoms with Crippen LogP contribution in [0, 0.1) is 11.8 Å². The molecule has 270 valence electrons. The number of carboxylic acid groups (broad SMARTS) is 1. The van der Waals surface area contributed by atoms with E-state index < -0.39 is 48.2 Å². The zero-order valence-electron chi connectivity index (χ0n) is 27.7. The number of hydrogen-bond acceptors (Lipinski definition) is 13. The van der Waals surface area contributed by atoms with Crippen LogP contribution in [-0.2, 0) is 14.3 Å². The first-order valence-electron chi connectivity index (χ1n) is 16.3. The van der Waals surface area contributed by atoms with Crippen molar-refractivity contribution in [1.82, 2.24) is 10.6 Å². The number of carbonyl (C=O) groups is 2. The summed E-state index contributed by atoms with van der Waals surface area (Å²) in [5.41, 5.74) is 4.99. The summed E-state index contributed by atoms with van der Waals surface area (Å²) in [6.45, 7) is 3.59. The van der Waals surface area contributed by atoms with Crippen molar-refractivity contribution in [3.63, 3.8) is 0 Å². The van der Waals surface area contributed by atoms with Crippen LogP contribution in [0.5, 0.6) is 17.2 Å². The number of fused-ring (bicyclic) bond motifs is 1. The predicted molar refractivity (Wildman–Crippen MR) is 182 cm³/mol. The molecule has 10 N–H and O–H groups in total. The van der Waals surface area contributed by atoms with E-state index in [0.717, 1.165) is 25.0 Å². The number of aliphatic carboxylic acids is 1. The van der Waals surface area contributed by atoms with Gasteiger partial charge in [-0.2, -0.15) is 0 Å². The van der Waals surface area contributed by atoms with Crippen molar-refractivity contribution in [1.29, 1.82) is 0 Å². The first kappa shape index (κ1) is 36.8. The van der Waals surface area contributed by atoms with Gasteiger partial charge in [0.05, 0.1) is 17.7 Å². The summed E-state index contributed by atoms with van der Waals surface area (Å²) in [6, 6.07) is 9.82. The van der Waals surface area contributed by atoms with Gasteiger partial charge in [-0.25, -0.2) is 4.79 Å². The zero-order chi connectivity index (χ0) is 36.2. The SMILES string of the molecule is CNCC[C@H](C)[C@H](CNC[C@]1(O)[C@H](Oc2ccc3c(c2)OC(C(N)=O)C(c2ccc(O)cc2)=C3O)O[C@H](C(=O)O)[C@@H](O)[C@@H]1O)CC1=CCN=C1. The van der Waals surface area contributed by atoms with Gasteiger partial charge in [-0.15, -0.1) is 0 Å². The highest BCUT2D eigenvalue weighted by molar-refractivity contribution is 6.03. The summed E-state index contributed by atoms with van der Waals surface area (Å²) < 4.78 is 17.4. The lowest BCUT2D eigenvalue weighted by atomic mass is 9.84. The highest BCUT2D eigenvalue weighted by Crippen LogP contribution is 2.42. The third kappa shape index (κ3) is 7.78. The van der Waals surface area contributed by atoms with Crippen molar-refractivity contribution in [3.05, 3.63) is 65.2 Å². The van der Waals surface area contributed by atoms with Crippen molar-refractivity contribution in [3.8, 4) is 17.2 Å². The molecule has 1 fully saturated rings. The summed E-state index contributed by atoms with van der Waals surface area (Å²) in [4.78, 5) is 28.7. The Kier molecular flexibility index (Phi) is 11.5. The van der Waals surface area contributed by atoms with E-state index >= 15 is 0 Å². The summed E-state index contributed by atoms with van der Waals surface area (Å²) in [6.07, 6.45) is -3.69. The maximum Gasteiger partial charge on any atom is 0.335 e. The van der Waals surface area contributed by atoms with Gasteiger partial charge >= 0.3 is 5.97 Å². The summed E-state index contributed by atoms with van der Waals surface area (Å²) in [5, 5.41) is 70.6. The van der Waals surface area contributed by atoms with E-state index in [9.17, 15) is 40.2 Å². The smallest absolute Gasteiger partial charge is 0.335 e. The fourth-order valence-electron chi connectivity index (χ4n) is 6.40. The number of aliphatic hydroxyl groups is 4. The van der Waals surface area contributed by atoms with Crippen molar-refractivity contribution >= 4 is 29.4 Å². The topological polar surface area (TPSA) is 246 Å². The number of carboxylic acids is 1. The molecule has 2 aromatic rings. The second-order valence-corrected chi connectivity index (χ2v) is 12.9. The standard InChI is InChI=1S/C35H44N4O11/c1-18(9-11-37-2)21(13-19-10-12-38-15-19)16-39-17-35(47)31(43)28(42)30(33(45)46)50-34(35)48-23-7-8-24-25(14-23)49-29(32(36)44)26(27(24)41)20-3-5-22(40)6-4-20/h3-8,10,14-15,18,21,28-31,34,37,39-43,47H,9,11-13,16-17H2,1-2H3,(H2,36,44)(H,45,46)/t18-,21-,28+,29?,30-,31-,34+,35+/m0/s1. The number of carbonyl (C=O) groups excluding carboxylic acids is 1. The van der Waals surface area contributed by atoms with Gasteiger partial charge in [0.15, 0.2) is 11.7 Å². The molecule has 0 aliphatic carbocycles. The van der Waals surface area contributed by atoms with Crippen molar-refractivity contribution in [2.75, 3.05) is 33.2 Å². The average Bonchev–Trinajstić information content (AvgIpc) is 3.60. The lowest BCUT2D eigenvalue weighted by Gasteiger charge is -2.47. The monoisotopic (exact) mass is 696 g/mol. The molecule has 0 saturated carbocycles. The van der Waals surface area contributed by atoms with Crippen LogP contribution in [0.2, 0.25) is 0 Å². The zero-order valence-corrected chi connectivity index (χ0v) is 27.7. The molecule has 0 radical (unpaired) electrons. The number of ether oxygens (including phenoxy) is 3. The Bertz CT molecular complexity index is 1650. The molecule has 3 aliphatic heterocycles. The van der Waals surface area contributed by atoms with Crippen LogP contribution in [0.4, 0.5) is 0 Å². The minimum absolute atomic E-state index is 0.0256. The Labute approximate surface area is 288 Å². The molecular formula is C35H44N4O11. The number of allylic oxidation sites excluding steroid dienone is 1. The van der Waals surface area contributed by atoms with E-state index in [1.165, 1.54) is 42.5 Å². The lowest BCUT2D eigenvalue weighted by molar-refractivity contribution is -0.311. The Morgan fingerprint density at radius 1 is 1.16 bits per heavy atom. The number of amides is 1. The molecule has 1 saturated heterocycles. The van der Waals surface area contributed by atoms with Crippen LogP contribution < -0.4 is 25.8 Å². The second-order valence-electron chi connectivity index (χ2n) is 12.9. The Morgan fingerprint density at radius 2 is 1.90 bits per heavy atom. The van der Waals surface area contributed by atoms with Crippen LogP contribution in [0.3, 0.4) is 0 Å². The largest absolute Gasteiger partial charge is 0.508 e. The van der Waals surface area contributed by atoms with Crippen LogP contribution in [0.25, 0.3) is 11.3 Å². The summed E-state index contributed by atoms with van der Waals surface area (Å²) in [5.74, 6) is -2.56. The van der Waals surface area contributed by atoms with Crippen LogP contribution in [0.1, 0.15) is 30.9 Å². The maximum atomic E-state index is 12.4. The molecule has 0 spiro atoms. The van der Waals surface area contributed by atoms with Gasteiger partial charge < -0.3 is 61.2 Å². The van der Waals surface area contributed by atoms with E-state index in [1.807, 2.05) is 19.3 Å². The number of aliphatic imine (C=N–C) groups is 1. The molecule has 8 atom stereocenters. The number of benzene rings is 2. The fourth-order valence-corrected chi connectivity index (χ4v) is 6.40. The molecule has 15 heteroatoms. The third-order valence-electron chi connectivity index (χ3n) is 9.40. The first-order valence-corrected chi connectivity index (χ1v) is 16.3. The number of nitrogens with two attached hydrogens (primary N) is 1. The molecular weight excluding hydrogens is 652 g/mol. The van der Waals surface area contributed by atoms with Gasteiger partial charge in [0.2, 0.25) is 12.4 Å². The van der Waals surface area contributed by atoms with E-state index in [0.29, 0.717) is 18.7 Å². The predicted octanol–water partition coefficient (Wildman–Crippen LogP) is 0.558. The fraction of sp³-hybridized carbons (Fsp3) is 0.457. The number of aliphatic hydroxyl groups excluding tert-OH is 3. The lowest BCUT2D eigenvalue weighted by Crippen LogP contribution is -2.71. The van der Waals surface area contributed by atoms with Gasteiger partial charge in [0.25, 0.3) is 5.91 Å². The first-order chi connectivity index (χ1) is 23.8. The molecule has 1 unspecified atom stereocenters.